The summed E-state index contributed by atoms with van der Waals surface area (Å²) in [5.41, 5.74) is 0. The molecule has 2 fully saturated rings. The van der Waals surface area contributed by atoms with Crippen LogP contribution < -0.4 is 5.32 Å². The van der Waals surface area contributed by atoms with Crippen molar-refractivity contribution in [2.45, 2.75) is 52.2 Å². The van der Waals surface area contributed by atoms with E-state index in [9.17, 15) is 4.79 Å². The molecule has 4 heteroatoms. The summed E-state index contributed by atoms with van der Waals surface area (Å²) in [6.07, 6.45) is 4.07. The van der Waals surface area contributed by atoms with E-state index in [0.717, 1.165) is 17.8 Å². The van der Waals surface area contributed by atoms with Crippen molar-refractivity contribution in [1.29, 1.82) is 0 Å². The third-order valence-electron chi connectivity index (χ3n) is 5.10. The maximum atomic E-state index is 12.4. The van der Waals surface area contributed by atoms with Crippen molar-refractivity contribution in [3.8, 4) is 0 Å². The molecule has 1 N–H and O–H groups in total. The Balaban J connectivity index is 1.84. The molecule has 0 spiro atoms. The molecule has 3 nitrogen and oxygen atoms in total. The Bertz CT molecular complexity index is 323. The number of nitrogens with one attached hydrogen (secondary N) is 1. The first-order valence-corrected chi connectivity index (χ1v) is 8.65. The largest absolute Gasteiger partial charge is 0.374 e. The number of carbonyl (C=O) groups is 1. The van der Waals surface area contributed by atoms with E-state index in [1.54, 1.807) is 0 Å². The average Bonchev–Trinajstić information content (AvgIpc) is 2.92. The molecular weight excluding hydrogens is 306 g/mol. The summed E-state index contributed by atoms with van der Waals surface area (Å²) in [6.45, 7) is 7.03. The quantitative estimate of drug-likeness (QED) is 0.804. The summed E-state index contributed by atoms with van der Waals surface area (Å²) in [5.74, 6) is 1.89. The standard InChI is InChI=1S/C15H26BrNO2/c1-9-10(2)19-11(3)14(9)15(18)17-8-13-6-4-5-12(13)7-16/h9-14H,4-8H2,1-3H3,(H,17,18). The molecular formula is C15H26BrNO2. The molecule has 0 bridgehead atoms. The van der Waals surface area contributed by atoms with E-state index in [2.05, 4.69) is 35.1 Å². The van der Waals surface area contributed by atoms with Crippen LogP contribution in [0.3, 0.4) is 0 Å². The van der Waals surface area contributed by atoms with Crippen LogP contribution in [0, 0.1) is 23.7 Å². The smallest absolute Gasteiger partial charge is 0.226 e. The Morgan fingerprint density at radius 1 is 1.21 bits per heavy atom. The topological polar surface area (TPSA) is 38.3 Å². The molecule has 1 amide bonds. The van der Waals surface area contributed by atoms with Gasteiger partial charge in [-0.05, 0) is 44.4 Å². The lowest BCUT2D eigenvalue weighted by Gasteiger charge is -2.22. The van der Waals surface area contributed by atoms with Crippen molar-refractivity contribution in [3.05, 3.63) is 0 Å². The van der Waals surface area contributed by atoms with Gasteiger partial charge in [-0.1, -0.05) is 29.3 Å². The van der Waals surface area contributed by atoms with E-state index in [1.165, 1.54) is 19.3 Å². The maximum absolute atomic E-state index is 12.4. The number of carbonyl (C=O) groups excluding carboxylic acids is 1. The summed E-state index contributed by atoms with van der Waals surface area (Å²) < 4.78 is 5.75. The third-order valence-corrected chi connectivity index (χ3v) is 5.93. The summed E-state index contributed by atoms with van der Waals surface area (Å²) in [4.78, 5) is 12.4. The van der Waals surface area contributed by atoms with Gasteiger partial charge in [-0.25, -0.2) is 0 Å². The first-order valence-electron chi connectivity index (χ1n) is 7.53. The Morgan fingerprint density at radius 3 is 2.47 bits per heavy atom. The average molecular weight is 332 g/mol. The fourth-order valence-corrected chi connectivity index (χ4v) is 4.51. The number of alkyl halides is 1. The maximum Gasteiger partial charge on any atom is 0.226 e. The molecule has 110 valence electrons. The number of hydrogen-bond donors (Lipinski definition) is 1. The van der Waals surface area contributed by atoms with Crippen molar-refractivity contribution in [1.82, 2.24) is 5.32 Å². The van der Waals surface area contributed by atoms with Gasteiger partial charge in [-0.15, -0.1) is 0 Å². The van der Waals surface area contributed by atoms with Crippen LogP contribution in [0.15, 0.2) is 0 Å². The van der Waals surface area contributed by atoms with Gasteiger partial charge in [0.15, 0.2) is 0 Å². The van der Waals surface area contributed by atoms with Crippen molar-refractivity contribution < 1.29 is 9.53 Å². The van der Waals surface area contributed by atoms with Crippen molar-refractivity contribution in [2.75, 3.05) is 11.9 Å². The van der Waals surface area contributed by atoms with E-state index >= 15 is 0 Å². The molecule has 1 aliphatic carbocycles. The SMILES string of the molecule is CC1OC(C)C(C(=O)NCC2CCCC2CBr)C1C. The highest BCUT2D eigenvalue weighted by Gasteiger charge is 2.41. The van der Waals surface area contributed by atoms with Crippen LogP contribution in [-0.2, 0) is 9.53 Å². The molecule has 1 saturated heterocycles. The second-order valence-electron chi connectivity index (χ2n) is 6.28. The van der Waals surface area contributed by atoms with Gasteiger partial charge in [-0.2, -0.15) is 0 Å². The molecule has 2 aliphatic rings. The van der Waals surface area contributed by atoms with Gasteiger partial charge in [0.05, 0.1) is 18.1 Å². The fraction of sp³-hybridized carbons (Fsp3) is 0.933. The summed E-state index contributed by atoms with van der Waals surface area (Å²) in [6, 6.07) is 0. The monoisotopic (exact) mass is 331 g/mol. The summed E-state index contributed by atoms with van der Waals surface area (Å²) in [7, 11) is 0. The zero-order chi connectivity index (χ0) is 14.0. The molecule has 1 aliphatic heterocycles. The predicted molar refractivity (Wildman–Crippen MR) is 80.3 cm³/mol. The molecule has 0 aromatic carbocycles. The minimum absolute atomic E-state index is 0.0128. The Kier molecular flexibility index (Phi) is 5.29. The number of amides is 1. The number of halogens is 1. The molecule has 0 aromatic rings. The zero-order valence-corrected chi connectivity index (χ0v) is 13.8. The Labute approximate surface area is 125 Å². The second kappa shape index (κ2) is 6.57. The van der Waals surface area contributed by atoms with Gasteiger partial charge >= 0.3 is 0 Å². The number of ether oxygens (including phenoxy) is 1. The van der Waals surface area contributed by atoms with Crippen LogP contribution >= 0.6 is 15.9 Å². The number of rotatable bonds is 4. The molecule has 0 radical (unpaired) electrons. The van der Waals surface area contributed by atoms with Gasteiger partial charge in [0.2, 0.25) is 5.91 Å². The Hall–Kier alpha value is -0.0900. The lowest BCUT2D eigenvalue weighted by molar-refractivity contribution is -0.127. The lowest BCUT2D eigenvalue weighted by Crippen LogP contribution is -2.40. The van der Waals surface area contributed by atoms with E-state index < -0.39 is 0 Å². The number of hydrogen-bond acceptors (Lipinski definition) is 2. The highest BCUT2D eigenvalue weighted by molar-refractivity contribution is 9.09. The predicted octanol–water partition coefficient (Wildman–Crippen LogP) is 2.97. The Morgan fingerprint density at radius 2 is 1.89 bits per heavy atom. The molecule has 0 aromatic heterocycles. The summed E-state index contributed by atoms with van der Waals surface area (Å²) >= 11 is 3.58. The van der Waals surface area contributed by atoms with Gasteiger partial charge in [0.1, 0.15) is 0 Å². The van der Waals surface area contributed by atoms with E-state index in [0.29, 0.717) is 11.8 Å². The molecule has 6 unspecified atom stereocenters. The molecule has 1 saturated carbocycles. The highest BCUT2D eigenvalue weighted by atomic mass is 79.9. The van der Waals surface area contributed by atoms with E-state index in [1.807, 2.05) is 6.92 Å². The third kappa shape index (κ3) is 3.33. The van der Waals surface area contributed by atoms with Crippen molar-refractivity contribution >= 4 is 21.8 Å². The first-order chi connectivity index (χ1) is 9.04. The van der Waals surface area contributed by atoms with E-state index in [-0.39, 0.29) is 24.0 Å². The van der Waals surface area contributed by atoms with Crippen LogP contribution in [0.2, 0.25) is 0 Å². The van der Waals surface area contributed by atoms with Crippen LogP contribution in [0.5, 0.6) is 0 Å². The molecule has 6 atom stereocenters. The minimum atomic E-state index is 0.0128. The minimum Gasteiger partial charge on any atom is -0.374 e. The zero-order valence-electron chi connectivity index (χ0n) is 12.2. The molecule has 19 heavy (non-hydrogen) atoms. The van der Waals surface area contributed by atoms with Crippen molar-refractivity contribution in [2.24, 2.45) is 23.7 Å². The van der Waals surface area contributed by atoms with Crippen molar-refractivity contribution in [3.63, 3.8) is 0 Å². The molecule has 1 heterocycles. The van der Waals surface area contributed by atoms with Crippen LogP contribution in [0.4, 0.5) is 0 Å². The van der Waals surface area contributed by atoms with Crippen LogP contribution in [0.1, 0.15) is 40.0 Å². The fourth-order valence-electron chi connectivity index (χ4n) is 3.65. The molecule has 2 rings (SSSR count). The van der Waals surface area contributed by atoms with Gasteiger partial charge in [0, 0.05) is 11.9 Å². The second-order valence-corrected chi connectivity index (χ2v) is 6.93. The van der Waals surface area contributed by atoms with Crippen LogP contribution in [0.25, 0.3) is 0 Å². The van der Waals surface area contributed by atoms with Gasteiger partial charge in [-0.3, -0.25) is 4.79 Å². The van der Waals surface area contributed by atoms with Gasteiger partial charge in [0.25, 0.3) is 0 Å². The first kappa shape index (κ1) is 15.3. The summed E-state index contributed by atoms with van der Waals surface area (Å²) in [5, 5.41) is 4.23. The van der Waals surface area contributed by atoms with Crippen LogP contribution in [-0.4, -0.2) is 30.0 Å². The highest BCUT2D eigenvalue weighted by Crippen LogP contribution is 2.34. The lowest BCUT2D eigenvalue weighted by atomic mass is 9.88. The van der Waals surface area contributed by atoms with Gasteiger partial charge < -0.3 is 10.1 Å². The normalized spacial score (nSPS) is 42.5. The van der Waals surface area contributed by atoms with E-state index in [4.69, 9.17) is 4.74 Å².